The summed E-state index contributed by atoms with van der Waals surface area (Å²) in [5, 5.41) is 19.7. The number of hydrogen-bond donors (Lipinski definition) is 1. The summed E-state index contributed by atoms with van der Waals surface area (Å²) < 4.78 is 0. The predicted molar refractivity (Wildman–Crippen MR) is 68.6 cm³/mol. The van der Waals surface area contributed by atoms with Crippen LogP contribution in [0.1, 0.15) is 51.0 Å². The highest BCUT2D eigenvalue weighted by Crippen LogP contribution is 2.09. The summed E-state index contributed by atoms with van der Waals surface area (Å²) in [4.78, 5) is 0. The second-order valence-corrected chi connectivity index (χ2v) is 4.10. The molecule has 1 rings (SSSR count). The van der Waals surface area contributed by atoms with Gasteiger partial charge in [0.25, 0.3) is 0 Å². The van der Waals surface area contributed by atoms with E-state index >= 15 is 0 Å². The fourth-order valence-corrected chi connectivity index (χ4v) is 1.66. The van der Waals surface area contributed by atoms with E-state index in [2.05, 4.69) is 28.5 Å². The Morgan fingerprint density at radius 2 is 2.00 bits per heavy atom. The van der Waals surface area contributed by atoms with Crippen molar-refractivity contribution < 1.29 is 0 Å². The molecular formula is C13H20N4. The Morgan fingerprint density at radius 1 is 1.24 bits per heavy atom. The summed E-state index contributed by atoms with van der Waals surface area (Å²) in [5.41, 5.74) is 0.561. The molecule has 4 nitrogen and oxygen atoms in total. The number of nitriles is 1. The van der Waals surface area contributed by atoms with Crippen LogP contribution < -0.4 is 5.32 Å². The molecule has 0 aliphatic rings. The average Bonchev–Trinajstić information content (AvgIpc) is 2.38. The van der Waals surface area contributed by atoms with Gasteiger partial charge in [-0.1, -0.05) is 39.0 Å². The number of rotatable bonds is 8. The second-order valence-electron chi connectivity index (χ2n) is 4.10. The second kappa shape index (κ2) is 8.51. The molecular weight excluding hydrogens is 212 g/mol. The highest BCUT2D eigenvalue weighted by atomic mass is 15.2. The summed E-state index contributed by atoms with van der Waals surface area (Å²) in [6.07, 6.45) is 9.11. The Hall–Kier alpha value is -1.63. The van der Waals surface area contributed by atoms with Gasteiger partial charge in [0.2, 0.25) is 0 Å². The molecule has 0 amide bonds. The van der Waals surface area contributed by atoms with E-state index in [9.17, 15) is 0 Å². The van der Waals surface area contributed by atoms with Crippen molar-refractivity contribution in [3.8, 4) is 6.07 Å². The normalized spacial score (nSPS) is 9.88. The van der Waals surface area contributed by atoms with Gasteiger partial charge in [-0.25, -0.2) is 0 Å². The van der Waals surface area contributed by atoms with E-state index in [0.717, 1.165) is 13.0 Å². The molecule has 1 N–H and O–H groups in total. The van der Waals surface area contributed by atoms with Gasteiger partial charge in [0.05, 0.1) is 11.8 Å². The highest BCUT2D eigenvalue weighted by molar-refractivity contribution is 5.49. The van der Waals surface area contributed by atoms with Crippen LogP contribution >= 0.6 is 0 Å². The smallest absolute Gasteiger partial charge is 0.166 e. The van der Waals surface area contributed by atoms with Crippen LogP contribution in [0.2, 0.25) is 0 Å². The zero-order chi connectivity index (χ0) is 12.3. The molecule has 0 unspecified atom stereocenters. The van der Waals surface area contributed by atoms with Crippen LogP contribution in [0.5, 0.6) is 0 Å². The van der Waals surface area contributed by atoms with Crippen LogP contribution in [-0.2, 0) is 0 Å². The van der Waals surface area contributed by atoms with E-state index in [1.54, 1.807) is 6.07 Å². The molecule has 1 aromatic heterocycles. The Morgan fingerprint density at radius 3 is 2.76 bits per heavy atom. The molecule has 17 heavy (non-hydrogen) atoms. The molecule has 0 spiro atoms. The molecule has 92 valence electrons. The summed E-state index contributed by atoms with van der Waals surface area (Å²) in [6.45, 7) is 3.08. The van der Waals surface area contributed by atoms with Gasteiger partial charge < -0.3 is 5.32 Å². The van der Waals surface area contributed by atoms with E-state index in [4.69, 9.17) is 5.26 Å². The van der Waals surface area contributed by atoms with Crippen molar-refractivity contribution in [2.75, 3.05) is 11.9 Å². The lowest BCUT2D eigenvalue weighted by atomic mass is 10.1. The molecule has 0 radical (unpaired) electrons. The van der Waals surface area contributed by atoms with E-state index in [1.807, 2.05) is 0 Å². The first kappa shape index (κ1) is 13.4. The maximum atomic E-state index is 8.86. The molecule has 4 heteroatoms. The molecule has 0 aromatic carbocycles. The standard InChI is InChI=1S/C13H20N4/c1-2-3-4-5-6-7-9-15-13-12(11-14)8-10-16-17-13/h8,10H,2-7,9H2,1H3,(H,15,17). The van der Waals surface area contributed by atoms with Crippen LogP contribution in [0.3, 0.4) is 0 Å². The van der Waals surface area contributed by atoms with Gasteiger partial charge in [-0.15, -0.1) is 5.10 Å². The first-order valence-corrected chi connectivity index (χ1v) is 6.34. The minimum atomic E-state index is 0.561. The lowest BCUT2D eigenvalue weighted by Crippen LogP contribution is -2.05. The summed E-state index contributed by atoms with van der Waals surface area (Å²) in [6, 6.07) is 3.78. The summed E-state index contributed by atoms with van der Waals surface area (Å²) in [5.74, 6) is 0.601. The van der Waals surface area contributed by atoms with Crippen molar-refractivity contribution in [2.24, 2.45) is 0 Å². The number of unbranched alkanes of at least 4 members (excludes halogenated alkanes) is 5. The molecule has 0 atom stereocenters. The van der Waals surface area contributed by atoms with Crippen molar-refractivity contribution in [2.45, 2.75) is 45.4 Å². The average molecular weight is 232 g/mol. The van der Waals surface area contributed by atoms with Crippen molar-refractivity contribution in [3.63, 3.8) is 0 Å². The zero-order valence-electron chi connectivity index (χ0n) is 10.4. The van der Waals surface area contributed by atoms with E-state index in [0.29, 0.717) is 11.4 Å². The van der Waals surface area contributed by atoms with Crippen LogP contribution in [0.25, 0.3) is 0 Å². The first-order chi connectivity index (χ1) is 8.38. The topological polar surface area (TPSA) is 61.6 Å². The number of nitrogens with one attached hydrogen (secondary N) is 1. The van der Waals surface area contributed by atoms with Gasteiger partial charge in [-0.05, 0) is 12.5 Å². The van der Waals surface area contributed by atoms with E-state index in [-0.39, 0.29) is 0 Å². The van der Waals surface area contributed by atoms with Crippen LogP contribution in [0.4, 0.5) is 5.82 Å². The molecule has 0 bridgehead atoms. The van der Waals surface area contributed by atoms with Gasteiger partial charge in [0.15, 0.2) is 5.82 Å². The Labute approximate surface area is 103 Å². The monoisotopic (exact) mass is 232 g/mol. The third-order valence-corrected chi connectivity index (χ3v) is 2.66. The number of anilines is 1. The molecule has 0 aliphatic heterocycles. The van der Waals surface area contributed by atoms with Crippen molar-refractivity contribution in [1.82, 2.24) is 10.2 Å². The molecule has 0 saturated heterocycles. The summed E-state index contributed by atoms with van der Waals surface area (Å²) in [7, 11) is 0. The number of hydrogen-bond acceptors (Lipinski definition) is 4. The molecule has 0 saturated carbocycles. The predicted octanol–water partition coefficient (Wildman–Crippen LogP) is 3.12. The minimum absolute atomic E-state index is 0.561. The Kier molecular flexibility index (Phi) is 6.73. The molecule has 1 aromatic rings. The largest absolute Gasteiger partial charge is 0.367 e. The Bertz CT molecular complexity index is 357. The van der Waals surface area contributed by atoms with Gasteiger partial charge in [0.1, 0.15) is 6.07 Å². The fourth-order valence-electron chi connectivity index (χ4n) is 1.66. The van der Waals surface area contributed by atoms with E-state index < -0.39 is 0 Å². The molecule has 0 aliphatic carbocycles. The van der Waals surface area contributed by atoms with Crippen LogP contribution in [-0.4, -0.2) is 16.7 Å². The van der Waals surface area contributed by atoms with Crippen LogP contribution in [0, 0.1) is 11.3 Å². The fraction of sp³-hybridized carbons (Fsp3) is 0.615. The van der Waals surface area contributed by atoms with Crippen molar-refractivity contribution in [3.05, 3.63) is 17.8 Å². The maximum absolute atomic E-state index is 8.86. The molecule has 0 fully saturated rings. The third-order valence-electron chi connectivity index (χ3n) is 2.66. The maximum Gasteiger partial charge on any atom is 0.166 e. The molecule has 1 heterocycles. The van der Waals surface area contributed by atoms with Crippen molar-refractivity contribution in [1.29, 1.82) is 5.26 Å². The zero-order valence-corrected chi connectivity index (χ0v) is 10.4. The SMILES string of the molecule is CCCCCCCCNc1nnccc1C#N. The lowest BCUT2D eigenvalue weighted by molar-refractivity contribution is 0.616. The number of nitrogens with zero attached hydrogens (tertiary/aromatic N) is 3. The lowest BCUT2D eigenvalue weighted by Gasteiger charge is -2.05. The van der Waals surface area contributed by atoms with Gasteiger partial charge in [-0.3, -0.25) is 0 Å². The highest BCUT2D eigenvalue weighted by Gasteiger charge is 2.01. The van der Waals surface area contributed by atoms with Gasteiger partial charge in [-0.2, -0.15) is 10.4 Å². The first-order valence-electron chi connectivity index (χ1n) is 6.34. The third kappa shape index (κ3) is 5.30. The van der Waals surface area contributed by atoms with Crippen LogP contribution in [0.15, 0.2) is 12.3 Å². The summed E-state index contributed by atoms with van der Waals surface area (Å²) >= 11 is 0. The number of aromatic nitrogens is 2. The van der Waals surface area contributed by atoms with Crippen molar-refractivity contribution >= 4 is 5.82 Å². The minimum Gasteiger partial charge on any atom is -0.367 e. The Balaban J connectivity index is 2.16. The quantitative estimate of drug-likeness (QED) is 0.699. The van der Waals surface area contributed by atoms with Gasteiger partial charge in [0, 0.05) is 6.54 Å². The van der Waals surface area contributed by atoms with Gasteiger partial charge >= 0.3 is 0 Å². The van der Waals surface area contributed by atoms with E-state index in [1.165, 1.54) is 38.3 Å².